The van der Waals surface area contributed by atoms with Crippen LogP contribution in [0, 0.1) is 13.8 Å². The van der Waals surface area contributed by atoms with Crippen molar-refractivity contribution in [2.75, 3.05) is 6.54 Å². The summed E-state index contributed by atoms with van der Waals surface area (Å²) in [7, 11) is 0. The first-order valence-corrected chi connectivity index (χ1v) is 8.14. The largest absolute Gasteiger partial charge is 0.356 e. The lowest BCUT2D eigenvalue weighted by Gasteiger charge is -2.06. The van der Waals surface area contributed by atoms with Crippen molar-refractivity contribution in [3.05, 3.63) is 70.3 Å². The number of hydrogen-bond donors (Lipinski definition) is 1. The van der Waals surface area contributed by atoms with Crippen molar-refractivity contribution in [1.82, 2.24) is 5.32 Å². The van der Waals surface area contributed by atoms with E-state index in [2.05, 4.69) is 73.8 Å². The monoisotopic (exact) mass is 307 g/mol. The number of benzene rings is 2. The first kappa shape index (κ1) is 17.0. The number of carbonyl (C=O) groups is 1. The van der Waals surface area contributed by atoms with Gasteiger partial charge in [0.1, 0.15) is 0 Å². The highest BCUT2D eigenvalue weighted by atomic mass is 16.1. The minimum Gasteiger partial charge on any atom is -0.356 e. The van der Waals surface area contributed by atoms with Crippen LogP contribution in [0.4, 0.5) is 0 Å². The van der Waals surface area contributed by atoms with E-state index in [0.717, 1.165) is 19.4 Å². The Hall–Kier alpha value is -2.35. The summed E-state index contributed by atoms with van der Waals surface area (Å²) in [5, 5.41) is 2.84. The summed E-state index contributed by atoms with van der Waals surface area (Å²) in [6, 6.07) is 15.0. The molecule has 2 rings (SSSR count). The molecular weight excluding hydrogens is 282 g/mol. The minimum absolute atomic E-state index is 0.0373. The quantitative estimate of drug-likeness (QED) is 0.616. The van der Waals surface area contributed by atoms with Gasteiger partial charge < -0.3 is 5.32 Å². The Morgan fingerprint density at radius 3 is 2.43 bits per heavy atom. The molecule has 0 aromatic heterocycles. The molecule has 2 nitrogen and oxygen atoms in total. The Labute approximate surface area is 139 Å². The highest BCUT2D eigenvalue weighted by Gasteiger charge is 1.99. The molecule has 0 radical (unpaired) electrons. The molecule has 0 aliphatic rings. The first-order valence-electron chi connectivity index (χ1n) is 8.14. The second-order valence-corrected chi connectivity index (χ2v) is 5.97. The third kappa shape index (κ3) is 5.41. The summed E-state index contributed by atoms with van der Waals surface area (Å²) in [5.74, 6) is 0.0373. The molecule has 0 aliphatic carbocycles. The van der Waals surface area contributed by atoms with E-state index >= 15 is 0 Å². The number of amides is 1. The van der Waals surface area contributed by atoms with Crippen LogP contribution in [0.3, 0.4) is 0 Å². The van der Waals surface area contributed by atoms with Crippen LogP contribution in [0.2, 0.25) is 0 Å². The molecule has 120 valence electrons. The lowest BCUT2D eigenvalue weighted by atomic mass is 10.0. The van der Waals surface area contributed by atoms with E-state index in [0.29, 0.717) is 0 Å². The van der Waals surface area contributed by atoms with Crippen LogP contribution >= 0.6 is 0 Å². The Morgan fingerprint density at radius 1 is 1.04 bits per heavy atom. The van der Waals surface area contributed by atoms with Crippen LogP contribution in [0.5, 0.6) is 0 Å². The lowest BCUT2D eigenvalue weighted by Crippen LogP contribution is -2.21. The van der Waals surface area contributed by atoms with Crippen LogP contribution in [-0.2, 0) is 11.2 Å². The predicted octanol–water partition coefficient (Wildman–Crippen LogP) is 4.54. The molecule has 2 heteroatoms. The van der Waals surface area contributed by atoms with Crippen molar-refractivity contribution >= 4 is 18.1 Å². The molecule has 0 fully saturated rings. The molecule has 1 amide bonds. The SMILES string of the molecule is CC(=O)NCCCc1cccc(/C=C/c2c(C)cccc2C)c1. The lowest BCUT2D eigenvalue weighted by molar-refractivity contribution is -0.118. The van der Waals surface area contributed by atoms with Gasteiger partial charge in [-0.3, -0.25) is 4.79 Å². The van der Waals surface area contributed by atoms with Crippen LogP contribution in [0.1, 0.15) is 41.2 Å². The van der Waals surface area contributed by atoms with Gasteiger partial charge in [-0.2, -0.15) is 0 Å². The zero-order valence-electron chi connectivity index (χ0n) is 14.2. The molecule has 1 N–H and O–H groups in total. The van der Waals surface area contributed by atoms with E-state index in [9.17, 15) is 4.79 Å². The van der Waals surface area contributed by atoms with E-state index in [4.69, 9.17) is 0 Å². The second-order valence-electron chi connectivity index (χ2n) is 5.97. The number of nitrogens with one attached hydrogen (secondary N) is 1. The molecule has 0 atom stereocenters. The molecule has 23 heavy (non-hydrogen) atoms. The summed E-state index contributed by atoms with van der Waals surface area (Å²) in [4.78, 5) is 10.9. The number of carbonyl (C=O) groups excluding carboxylic acids is 1. The van der Waals surface area contributed by atoms with Crippen LogP contribution in [0.15, 0.2) is 42.5 Å². The highest BCUT2D eigenvalue weighted by Crippen LogP contribution is 2.17. The highest BCUT2D eigenvalue weighted by molar-refractivity contribution is 5.73. The summed E-state index contributed by atoms with van der Waals surface area (Å²) in [6.45, 7) is 6.58. The van der Waals surface area contributed by atoms with Crippen LogP contribution < -0.4 is 5.32 Å². The molecule has 0 aliphatic heterocycles. The van der Waals surface area contributed by atoms with E-state index in [1.54, 1.807) is 6.92 Å². The number of aryl methyl sites for hydroxylation is 3. The van der Waals surface area contributed by atoms with E-state index < -0.39 is 0 Å². The smallest absolute Gasteiger partial charge is 0.216 e. The van der Waals surface area contributed by atoms with Gasteiger partial charge in [0.25, 0.3) is 0 Å². The molecule has 2 aromatic rings. The maximum atomic E-state index is 10.9. The van der Waals surface area contributed by atoms with Gasteiger partial charge in [-0.1, -0.05) is 54.6 Å². The second kappa shape index (κ2) is 8.33. The van der Waals surface area contributed by atoms with Crippen molar-refractivity contribution in [3.8, 4) is 0 Å². The average Bonchev–Trinajstić information content (AvgIpc) is 2.51. The topological polar surface area (TPSA) is 29.1 Å². The van der Waals surface area contributed by atoms with Gasteiger partial charge in [0.05, 0.1) is 0 Å². The molecule has 0 spiro atoms. The van der Waals surface area contributed by atoms with Crippen LogP contribution in [0.25, 0.3) is 12.2 Å². The van der Waals surface area contributed by atoms with E-state index in [1.807, 2.05) is 0 Å². The fraction of sp³-hybridized carbons (Fsp3) is 0.286. The van der Waals surface area contributed by atoms with E-state index in [-0.39, 0.29) is 5.91 Å². The maximum absolute atomic E-state index is 10.9. The first-order chi connectivity index (χ1) is 11.1. The summed E-state index contributed by atoms with van der Waals surface area (Å²) in [5.41, 5.74) is 6.41. The Morgan fingerprint density at radius 2 is 1.74 bits per heavy atom. The predicted molar refractivity (Wildman–Crippen MR) is 98.3 cm³/mol. The van der Waals surface area contributed by atoms with Crippen LogP contribution in [-0.4, -0.2) is 12.5 Å². The summed E-state index contributed by atoms with van der Waals surface area (Å²) >= 11 is 0. The van der Waals surface area contributed by atoms with Crippen molar-refractivity contribution in [2.24, 2.45) is 0 Å². The van der Waals surface area contributed by atoms with Gasteiger partial charge in [-0.05, 0) is 54.5 Å². The van der Waals surface area contributed by atoms with Gasteiger partial charge in [0.2, 0.25) is 5.91 Å². The zero-order valence-corrected chi connectivity index (χ0v) is 14.2. The molecule has 0 unspecified atom stereocenters. The zero-order chi connectivity index (χ0) is 16.7. The van der Waals surface area contributed by atoms with Gasteiger partial charge in [0.15, 0.2) is 0 Å². The standard InChI is InChI=1S/C21H25NO/c1-16-7-4-8-17(2)21(16)13-12-20-10-5-9-19(15-20)11-6-14-22-18(3)23/h4-5,7-10,12-13,15H,6,11,14H2,1-3H3,(H,22,23)/b13-12+. The Bertz CT molecular complexity index is 680. The average molecular weight is 307 g/mol. The van der Waals surface area contributed by atoms with Crippen molar-refractivity contribution in [2.45, 2.75) is 33.6 Å². The molecule has 0 bridgehead atoms. The molecule has 2 aromatic carbocycles. The number of hydrogen-bond acceptors (Lipinski definition) is 1. The van der Waals surface area contributed by atoms with Crippen molar-refractivity contribution in [1.29, 1.82) is 0 Å². The Kier molecular flexibility index (Phi) is 6.16. The summed E-state index contributed by atoms with van der Waals surface area (Å²) in [6.07, 6.45) is 6.31. The fourth-order valence-electron chi connectivity index (χ4n) is 2.68. The van der Waals surface area contributed by atoms with Gasteiger partial charge in [-0.15, -0.1) is 0 Å². The maximum Gasteiger partial charge on any atom is 0.216 e. The number of rotatable bonds is 6. The molecule has 0 saturated heterocycles. The summed E-state index contributed by atoms with van der Waals surface area (Å²) < 4.78 is 0. The van der Waals surface area contributed by atoms with Gasteiger partial charge >= 0.3 is 0 Å². The van der Waals surface area contributed by atoms with Crippen molar-refractivity contribution in [3.63, 3.8) is 0 Å². The van der Waals surface area contributed by atoms with E-state index in [1.165, 1.54) is 27.8 Å². The molecule has 0 saturated carbocycles. The molecular formula is C21H25NO. The fourth-order valence-corrected chi connectivity index (χ4v) is 2.68. The molecule has 0 heterocycles. The van der Waals surface area contributed by atoms with Gasteiger partial charge in [-0.25, -0.2) is 0 Å². The third-order valence-corrected chi connectivity index (χ3v) is 3.95. The minimum atomic E-state index is 0.0373. The normalized spacial score (nSPS) is 10.9. The Balaban J connectivity index is 2.02. The third-order valence-electron chi connectivity index (χ3n) is 3.95. The van der Waals surface area contributed by atoms with Crippen molar-refractivity contribution < 1.29 is 4.79 Å². The van der Waals surface area contributed by atoms with Gasteiger partial charge in [0, 0.05) is 13.5 Å².